The van der Waals surface area contributed by atoms with Gasteiger partial charge in [-0.1, -0.05) is 12.1 Å². The van der Waals surface area contributed by atoms with Gasteiger partial charge in [-0.3, -0.25) is 9.59 Å². The van der Waals surface area contributed by atoms with Crippen LogP contribution in [0.1, 0.15) is 19.3 Å². The number of benzene rings is 1. The third kappa shape index (κ3) is 5.44. The summed E-state index contributed by atoms with van der Waals surface area (Å²) in [5.74, 6) is 1.01. The fourth-order valence-electron chi connectivity index (χ4n) is 3.25. The second kappa shape index (κ2) is 9.54. The maximum Gasteiger partial charge on any atom is 0.260 e. The van der Waals surface area contributed by atoms with Crippen LogP contribution in [-0.2, 0) is 14.3 Å². The van der Waals surface area contributed by atoms with E-state index in [0.717, 1.165) is 25.9 Å². The van der Waals surface area contributed by atoms with E-state index in [4.69, 9.17) is 9.47 Å². The summed E-state index contributed by atoms with van der Waals surface area (Å²) in [6.07, 6.45) is 2.52. The van der Waals surface area contributed by atoms with E-state index in [-0.39, 0.29) is 18.4 Å². The van der Waals surface area contributed by atoms with Crippen molar-refractivity contribution in [1.82, 2.24) is 10.2 Å². The molecule has 0 aromatic heterocycles. The van der Waals surface area contributed by atoms with Gasteiger partial charge in [-0.25, -0.2) is 0 Å². The number of hydrogen-bond donors (Lipinski definition) is 2. The molecule has 2 N–H and O–H groups in total. The number of ether oxygens (including phenoxy) is 2. The normalized spacial score (nSPS) is 20.0. The molecule has 0 spiro atoms. The van der Waals surface area contributed by atoms with E-state index < -0.39 is 0 Å². The lowest BCUT2D eigenvalue weighted by atomic mass is 10.0. The average molecular weight is 361 g/mol. The van der Waals surface area contributed by atoms with Gasteiger partial charge >= 0.3 is 0 Å². The van der Waals surface area contributed by atoms with E-state index in [1.165, 1.54) is 0 Å². The molecule has 2 aliphatic heterocycles. The highest BCUT2D eigenvalue weighted by Gasteiger charge is 2.19. The van der Waals surface area contributed by atoms with Gasteiger partial charge in [-0.2, -0.15) is 0 Å². The predicted molar refractivity (Wildman–Crippen MR) is 98.2 cm³/mol. The highest BCUT2D eigenvalue weighted by molar-refractivity contribution is 5.92. The first kappa shape index (κ1) is 18.7. The van der Waals surface area contributed by atoms with Crippen LogP contribution in [0.15, 0.2) is 24.3 Å². The molecule has 2 amide bonds. The van der Waals surface area contributed by atoms with Crippen molar-refractivity contribution in [1.29, 1.82) is 0 Å². The van der Waals surface area contributed by atoms with Gasteiger partial charge in [0, 0.05) is 19.5 Å². The first-order valence-electron chi connectivity index (χ1n) is 9.30. The van der Waals surface area contributed by atoms with E-state index in [0.29, 0.717) is 50.1 Å². The summed E-state index contributed by atoms with van der Waals surface area (Å²) >= 11 is 0. The van der Waals surface area contributed by atoms with Crippen LogP contribution in [0, 0.1) is 5.92 Å². The number of morpholine rings is 1. The van der Waals surface area contributed by atoms with Crippen molar-refractivity contribution in [3.63, 3.8) is 0 Å². The number of nitrogens with zero attached hydrogens (tertiary/aromatic N) is 1. The molecule has 2 fully saturated rings. The van der Waals surface area contributed by atoms with Gasteiger partial charge in [-0.15, -0.1) is 0 Å². The van der Waals surface area contributed by atoms with E-state index in [1.807, 2.05) is 12.1 Å². The van der Waals surface area contributed by atoms with Crippen LogP contribution in [0.5, 0.6) is 5.75 Å². The lowest BCUT2D eigenvalue weighted by Gasteiger charge is -2.26. The van der Waals surface area contributed by atoms with Crippen molar-refractivity contribution in [3.8, 4) is 5.75 Å². The summed E-state index contributed by atoms with van der Waals surface area (Å²) in [5.41, 5.74) is 0.608. The highest BCUT2D eigenvalue weighted by Crippen LogP contribution is 2.24. The second-order valence-corrected chi connectivity index (χ2v) is 6.72. The third-order valence-corrected chi connectivity index (χ3v) is 4.82. The van der Waals surface area contributed by atoms with Gasteiger partial charge in [0.25, 0.3) is 5.91 Å². The molecule has 1 aromatic rings. The molecule has 1 unspecified atom stereocenters. The minimum absolute atomic E-state index is 0.0209. The lowest BCUT2D eigenvalue weighted by molar-refractivity contribution is -0.137. The van der Waals surface area contributed by atoms with Gasteiger partial charge < -0.3 is 25.0 Å². The maximum absolute atomic E-state index is 12.2. The van der Waals surface area contributed by atoms with Crippen LogP contribution >= 0.6 is 0 Å². The van der Waals surface area contributed by atoms with Gasteiger partial charge in [0.15, 0.2) is 6.61 Å². The fraction of sp³-hybridized carbons (Fsp3) is 0.579. The summed E-state index contributed by atoms with van der Waals surface area (Å²) in [7, 11) is 0. The quantitative estimate of drug-likeness (QED) is 0.764. The van der Waals surface area contributed by atoms with Gasteiger partial charge in [0.1, 0.15) is 5.75 Å². The van der Waals surface area contributed by atoms with Crippen molar-refractivity contribution in [2.75, 3.05) is 51.3 Å². The smallest absolute Gasteiger partial charge is 0.260 e. The van der Waals surface area contributed by atoms with Crippen LogP contribution in [0.3, 0.4) is 0 Å². The molecule has 2 aliphatic rings. The lowest BCUT2D eigenvalue weighted by Crippen LogP contribution is -2.43. The molecule has 0 saturated carbocycles. The number of para-hydroxylation sites is 2. The molecule has 1 aromatic carbocycles. The number of rotatable bonds is 7. The van der Waals surface area contributed by atoms with Crippen molar-refractivity contribution >= 4 is 17.5 Å². The van der Waals surface area contributed by atoms with Gasteiger partial charge in [0.2, 0.25) is 5.91 Å². The van der Waals surface area contributed by atoms with Crippen LogP contribution in [0.4, 0.5) is 5.69 Å². The van der Waals surface area contributed by atoms with Gasteiger partial charge in [0.05, 0.1) is 18.9 Å². The standard InChI is InChI=1S/C19H27N3O4/c23-18(6-5-15-7-8-20-13-15)21-16-3-1-2-4-17(16)26-14-19(24)22-9-11-25-12-10-22/h1-4,15,20H,5-14H2,(H,21,23). The van der Waals surface area contributed by atoms with Crippen LogP contribution in [0.25, 0.3) is 0 Å². The summed E-state index contributed by atoms with van der Waals surface area (Å²) < 4.78 is 10.9. The summed E-state index contributed by atoms with van der Waals surface area (Å²) in [6.45, 7) is 4.31. The molecular weight excluding hydrogens is 334 g/mol. The Kier molecular flexibility index (Phi) is 6.85. The molecule has 0 bridgehead atoms. The molecule has 7 heteroatoms. The molecule has 0 aliphatic carbocycles. The fourth-order valence-corrected chi connectivity index (χ4v) is 3.25. The maximum atomic E-state index is 12.2. The minimum atomic E-state index is -0.0665. The summed E-state index contributed by atoms with van der Waals surface area (Å²) in [4.78, 5) is 26.2. The second-order valence-electron chi connectivity index (χ2n) is 6.72. The number of carbonyl (C=O) groups is 2. The molecule has 3 rings (SSSR count). The average Bonchev–Trinajstić information content (AvgIpc) is 3.20. The Balaban J connectivity index is 1.48. The summed E-state index contributed by atoms with van der Waals surface area (Å²) in [6, 6.07) is 7.23. The van der Waals surface area contributed by atoms with Crippen LogP contribution in [0.2, 0.25) is 0 Å². The Morgan fingerprint density at radius 1 is 1.27 bits per heavy atom. The number of hydrogen-bond acceptors (Lipinski definition) is 5. The third-order valence-electron chi connectivity index (χ3n) is 4.82. The monoisotopic (exact) mass is 361 g/mol. The predicted octanol–water partition coefficient (Wildman–Crippen LogP) is 1.25. The van der Waals surface area contributed by atoms with Crippen molar-refractivity contribution in [2.24, 2.45) is 5.92 Å². The molecule has 1 atom stereocenters. The Labute approximate surface area is 154 Å². The largest absolute Gasteiger partial charge is 0.482 e. The number of anilines is 1. The van der Waals surface area contributed by atoms with Crippen LogP contribution in [-0.4, -0.2) is 62.7 Å². The first-order valence-corrected chi connectivity index (χ1v) is 9.30. The zero-order valence-corrected chi connectivity index (χ0v) is 15.0. The molecule has 142 valence electrons. The zero-order chi connectivity index (χ0) is 18.2. The Hall–Kier alpha value is -2.12. The van der Waals surface area contributed by atoms with Crippen molar-refractivity contribution < 1.29 is 19.1 Å². The molecular formula is C19H27N3O4. The minimum Gasteiger partial charge on any atom is -0.482 e. The highest BCUT2D eigenvalue weighted by atomic mass is 16.5. The molecule has 7 nitrogen and oxygen atoms in total. The molecule has 2 heterocycles. The topological polar surface area (TPSA) is 79.9 Å². The zero-order valence-electron chi connectivity index (χ0n) is 15.0. The summed E-state index contributed by atoms with van der Waals surface area (Å²) in [5, 5.41) is 6.22. The first-order chi connectivity index (χ1) is 12.7. The number of carbonyl (C=O) groups excluding carboxylic acids is 2. The van der Waals surface area contributed by atoms with Crippen molar-refractivity contribution in [2.45, 2.75) is 19.3 Å². The Morgan fingerprint density at radius 2 is 2.08 bits per heavy atom. The molecule has 2 saturated heterocycles. The molecule has 0 radical (unpaired) electrons. The number of amides is 2. The van der Waals surface area contributed by atoms with E-state index in [9.17, 15) is 9.59 Å². The Morgan fingerprint density at radius 3 is 2.85 bits per heavy atom. The molecule has 26 heavy (non-hydrogen) atoms. The van der Waals surface area contributed by atoms with E-state index in [1.54, 1.807) is 17.0 Å². The van der Waals surface area contributed by atoms with Gasteiger partial charge in [-0.05, 0) is 44.0 Å². The number of nitrogens with one attached hydrogen (secondary N) is 2. The van der Waals surface area contributed by atoms with E-state index >= 15 is 0 Å². The van der Waals surface area contributed by atoms with Crippen LogP contribution < -0.4 is 15.4 Å². The Bertz CT molecular complexity index is 611. The van der Waals surface area contributed by atoms with E-state index in [2.05, 4.69) is 10.6 Å². The SMILES string of the molecule is O=C(CCC1CCNC1)Nc1ccccc1OCC(=O)N1CCOCC1. The van der Waals surface area contributed by atoms with Crippen molar-refractivity contribution in [3.05, 3.63) is 24.3 Å².